The van der Waals surface area contributed by atoms with E-state index in [4.69, 9.17) is 0 Å². The van der Waals surface area contributed by atoms with Crippen LogP contribution in [0.25, 0.3) is 0 Å². The van der Waals surface area contributed by atoms with Gasteiger partial charge >= 0.3 is 0 Å². The molecule has 2 heterocycles. The predicted molar refractivity (Wildman–Crippen MR) is 75.5 cm³/mol. The molecule has 0 aromatic carbocycles. The van der Waals surface area contributed by atoms with Crippen molar-refractivity contribution in [1.29, 1.82) is 0 Å². The van der Waals surface area contributed by atoms with Crippen LogP contribution in [0.5, 0.6) is 0 Å². The number of carbonyl (C=O) groups excluding carboxylic acids is 1. The van der Waals surface area contributed by atoms with Gasteiger partial charge in [-0.1, -0.05) is 11.8 Å². The van der Waals surface area contributed by atoms with Crippen molar-refractivity contribution in [2.45, 2.75) is 31.5 Å². The zero-order valence-corrected chi connectivity index (χ0v) is 12.4. The van der Waals surface area contributed by atoms with Gasteiger partial charge in [0.1, 0.15) is 0 Å². The molecule has 0 aliphatic carbocycles. The first-order chi connectivity index (χ1) is 8.88. The number of hydrogen-bond donors (Lipinski definition) is 0. The summed E-state index contributed by atoms with van der Waals surface area (Å²) < 4.78 is 3.71. The summed E-state index contributed by atoms with van der Waals surface area (Å²) in [6, 6.07) is 0. The van der Waals surface area contributed by atoms with E-state index in [0.29, 0.717) is 11.3 Å². The first kappa shape index (κ1) is 13.9. The molecule has 5 nitrogen and oxygen atoms in total. The maximum atomic E-state index is 12.0. The van der Waals surface area contributed by atoms with E-state index in [1.165, 1.54) is 11.8 Å². The minimum Gasteiger partial charge on any atom is -0.321 e. The first-order valence-corrected chi connectivity index (χ1v) is 7.05. The van der Waals surface area contributed by atoms with Crippen molar-refractivity contribution in [3.63, 3.8) is 0 Å². The Morgan fingerprint density at radius 1 is 1.42 bits per heavy atom. The van der Waals surface area contributed by atoms with E-state index < -0.39 is 0 Å². The lowest BCUT2D eigenvalue weighted by Gasteiger charge is -2.22. The zero-order valence-electron chi connectivity index (χ0n) is 11.6. The van der Waals surface area contributed by atoms with Gasteiger partial charge < -0.3 is 4.57 Å². The fourth-order valence-corrected chi connectivity index (χ4v) is 2.72. The van der Waals surface area contributed by atoms with Crippen LogP contribution in [0.2, 0.25) is 0 Å². The molecule has 0 saturated heterocycles. The highest BCUT2D eigenvalue weighted by Crippen LogP contribution is 2.24. The molecule has 6 heteroatoms. The van der Waals surface area contributed by atoms with Crippen LogP contribution < -0.4 is 0 Å². The molecule has 2 aromatic heterocycles. The fourth-order valence-electron chi connectivity index (χ4n) is 1.69. The predicted octanol–water partition coefficient (Wildman–Crippen LogP) is 2.35. The number of thioether (sulfide) groups is 1. The van der Waals surface area contributed by atoms with Crippen LogP contribution in [0.15, 0.2) is 29.9 Å². The van der Waals surface area contributed by atoms with E-state index in [9.17, 15) is 4.79 Å². The molecule has 0 atom stereocenters. The molecule has 0 unspecified atom stereocenters. The summed E-state index contributed by atoms with van der Waals surface area (Å²) in [4.78, 5) is 16.3. The van der Waals surface area contributed by atoms with Gasteiger partial charge in [-0.2, -0.15) is 5.10 Å². The molecule has 0 bridgehead atoms. The van der Waals surface area contributed by atoms with Gasteiger partial charge in [0.15, 0.2) is 10.9 Å². The van der Waals surface area contributed by atoms with E-state index in [0.717, 1.165) is 5.16 Å². The van der Waals surface area contributed by atoms with E-state index in [-0.39, 0.29) is 11.3 Å². The number of Topliss-reactive ketones (excluding diaryl/α,β-unsaturated/α-hetero) is 1. The normalized spacial score (nSPS) is 11.8. The second-order valence-corrected chi connectivity index (χ2v) is 6.31. The number of nitrogens with zero attached hydrogens (tertiary/aromatic N) is 4. The van der Waals surface area contributed by atoms with Gasteiger partial charge in [0, 0.05) is 31.2 Å². The van der Waals surface area contributed by atoms with Crippen LogP contribution in [0.4, 0.5) is 0 Å². The molecule has 0 saturated carbocycles. The van der Waals surface area contributed by atoms with E-state index in [1.54, 1.807) is 30.3 Å². The largest absolute Gasteiger partial charge is 0.321 e. The molecular weight excluding hydrogens is 260 g/mol. The second kappa shape index (κ2) is 5.21. The number of ketones is 1. The van der Waals surface area contributed by atoms with Gasteiger partial charge in [-0.25, -0.2) is 4.98 Å². The molecule has 102 valence electrons. The number of aryl methyl sites for hydroxylation is 1. The molecule has 0 amide bonds. The Morgan fingerprint density at radius 2 is 2.16 bits per heavy atom. The Balaban J connectivity index is 2.04. The molecule has 0 radical (unpaired) electrons. The quantitative estimate of drug-likeness (QED) is 0.636. The topological polar surface area (TPSA) is 52.7 Å². The monoisotopic (exact) mass is 278 g/mol. The highest BCUT2D eigenvalue weighted by Gasteiger charge is 2.18. The van der Waals surface area contributed by atoms with Crippen LogP contribution in [0.1, 0.15) is 31.1 Å². The summed E-state index contributed by atoms with van der Waals surface area (Å²) in [5.41, 5.74) is 0.611. The molecule has 2 aromatic rings. The Labute approximate surface area is 117 Å². The molecule has 19 heavy (non-hydrogen) atoms. The summed E-state index contributed by atoms with van der Waals surface area (Å²) in [5.74, 6) is 0.445. The Bertz CT molecular complexity index is 579. The maximum absolute atomic E-state index is 12.0. The van der Waals surface area contributed by atoms with E-state index in [1.807, 2.05) is 6.20 Å². The third kappa shape index (κ3) is 3.26. The number of rotatable bonds is 4. The van der Waals surface area contributed by atoms with Crippen molar-refractivity contribution in [2.75, 3.05) is 5.75 Å². The Kier molecular flexibility index (Phi) is 3.80. The van der Waals surface area contributed by atoms with Crippen molar-refractivity contribution >= 4 is 17.5 Å². The summed E-state index contributed by atoms with van der Waals surface area (Å²) in [5, 5.41) is 4.87. The maximum Gasteiger partial charge on any atom is 0.176 e. The minimum atomic E-state index is -0.0316. The summed E-state index contributed by atoms with van der Waals surface area (Å²) in [6.45, 7) is 6.34. The fraction of sp³-hybridized carbons (Fsp3) is 0.462. The Morgan fingerprint density at radius 3 is 2.74 bits per heavy atom. The SMILES string of the molecule is Cn1cc(C(=O)CSc2nccn2C(C)(C)C)cn1. The smallest absolute Gasteiger partial charge is 0.176 e. The van der Waals surface area contributed by atoms with Crippen LogP contribution >= 0.6 is 11.8 Å². The zero-order chi connectivity index (χ0) is 14.0. The lowest BCUT2D eigenvalue weighted by Crippen LogP contribution is -2.22. The van der Waals surface area contributed by atoms with Crippen molar-refractivity contribution in [2.24, 2.45) is 7.05 Å². The number of imidazole rings is 1. The lowest BCUT2D eigenvalue weighted by atomic mass is 10.1. The summed E-state index contributed by atoms with van der Waals surface area (Å²) in [6.07, 6.45) is 7.04. The van der Waals surface area contributed by atoms with Crippen LogP contribution in [-0.4, -0.2) is 30.9 Å². The van der Waals surface area contributed by atoms with Gasteiger partial charge in [-0.05, 0) is 20.8 Å². The first-order valence-electron chi connectivity index (χ1n) is 6.06. The van der Waals surface area contributed by atoms with E-state index >= 15 is 0 Å². The number of carbonyl (C=O) groups is 1. The van der Waals surface area contributed by atoms with Gasteiger partial charge in [-0.15, -0.1) is 0 Å². The van der Waals surface area contributed by atoms with Crippen molar-refractivity contribution < 1.29 is 4.79 Å². The van der Waals surface area contributed by atoms with E-state index in [2.05, 4.69) is 35.4 Å². The molecule has 0 spiro atoms. The highest BCUT2D eigenvalue weighted by atomic mass is 32.2. The average molecular weight is 278 g/mol. The van der Waals surface area contributed by atoms with Gasteiger partial charge in [-0.3, -0.25) is 9.48 Å². The van der Waals surface area contributed by atoms with Gasteiger partial charge in [0.2, 0.25) is 0 Å². The molecule has 0 fully saturated rings. The number of aromatic nitrogens is 4. The third-order valence-corrected chi connectivity index (χ3v) is 3.66. The Hall–Kier alpha value is -1.56. The highest BCUT2D eigenvalue weighted by molar-refractivity contribution is 7.99. The van der Waals surface area contributed by atoms with Crippen molar-refractivity contribution in [1.82, 2.24) is 19.3 Å². The van der Waals surface area contributed by atoms with Gasteiger partial charge in [0.25, 0.3) is 0 Å². The molecule has 2 rings (SSSR count). The van der Waals surface area contributed by atoms with Crippen molar-refractivity contribution in [3.8, 4) is 0 Å². The third-order valence-electron chi connectivity index (χ3n) is 2.69. The van der Waals surface area contributed by atoms with Crippen molar-refractivity contribution in [3.05, 3.63) is 30.4 Å². The molecule has 0 N–H and O–H groups in total. The van der Waals surface area contributed by atoms with Crippen LogP contribution in [0, 0.1) is 0 Å². The molecular formula is C13H18N4OS. The van der Waals surface area contributed by atoms with Crippen LogP contribution in [-0.2, 0) is 12.6 Å². The van der Waals surface area contributed by atoms with Gasteiger partial charge in [0.05, 0.1) is 17.5 Å². The molecule has 0 aliphatic rings. The second-order valence-electron chi connectivity index (χ2n) is 5.37. The standard InChI is InChI=1S/C13H18N4OS/c1-13(2,3)17-6-5-14-12(17)19-9-11(18)10-7-15-16(4)8-10/h5-8H,9H2,1-4H3. The number of hydrogen-bond acceptors (Lipinski definition) is 4. The van der Waals surface area contributed by atoms with Crippen LogP contribution in [0.3, 0.4) is 0 Å². The summed E-state index contributed by atoms with van der Waals surface area (Å²) in [7, 11) is 1.80. The summed E-state index contributed by atoms with van der Waals surface area (Å²) >= 11 is 1.46. The average Bonchev–Trinajstić information content (AvgIpc) is 2.93. The molecule has 0 aliphatic heterocycles. The minimum absolute atomic E-state index is 0.0316. The lowest BCUT2D eigenvalue weighted by molar-refractivity contribution is 0.102.